The van der Waals surface area contributed by atoms with Gasteiger partial charge in [-0.1, -0.05) is 35.9 Å². The minimum atomic E-state index is -0.0655. The van der Waals surface area contributed by atoms with Gasteiger partial charge < -0.3 is 4.98 Å². The number of hydrogen-bond acceptors (Lipinski definition) is 2. The molecule has 3 aromatic rings. The Morgan fingerprint density at radius 3 is 2.67 bits per heavy atom. The van der Waals surface area contributed by atoms with Gasteiger partial charge in [-0.25, -0.2) is 0 Å². The van der Waals surface area contributed by atoms with Crippen molar-refractivity contribution in [2.45, 2.75) is 0 Å². The number of hydrogen-bond donors (Lipinski definition) is 1. The Morgan fingerprint density at radius 2 is 1.89 bits per heavy atom. The molecule has 0 radical (unpaired) electrons. The summed E-state index contributed by atoms with van der Waals surface area (Å²) in [4.78, 5) is 25.7. The van der Waals surface area contributed by atoms with E-state index in [1.54, 1.807) is 12.1 Å². The van der Waals surface area contributed by atoms with E-state index in [9.17, 15) is 9.59 Å². The Kier molecular flexibility index (Phi) is 2.42. The number of rotatable bonds is 1. The summed E-state index contributed by atoms with van der Waals surface area (Å²) in [6, 6.07) is 10.5. The van der Waals surface area contributed by atoms with E-state index in [0.717, 1.165) is 10.8 Å². The van der Waals surface area contributed by atoms with E-state index in [1.165, 1.54) is 6.07 Å². The molecule has 0 unspecified atom stereocenters. The molecule has 4 heteroatoms. The van der Waals surface area contributed by atoms with Crippen molar-refractivity contribution in [3.05, 3.63) is 57.3 Å². The summed E-state index contributed by atoms with van der Waals surface area (Å²) < 4.78 is 0. The molecular formula is C14H8ClNO2. The monoisotopic (exact) mass is 257 g/mol. The molecule has 0 amide bonds. The maximum absolute atomic E-state index is 11.9. The number of H-pyrrole nitrogens is 1. The minimum absolute atomic E-state index is 0.0655. The van der Waals surface area contributed by atoms with Crippen molar-refractivity contribution in [3.8, 4) is 0 Å². The standard InChI is InChI=1S/C14H8ClNO2/c15-14-10(7-17)6-9-5-4-8-2-1-3-11(18)12(8)13(9)16-14/h1-7,16H. The third-order valence-corrected chi connectivity index (χ3v) is 3.28. The van der Waals surface area contributed by atoms with Crippen molar-refractivity contribution in [2.75, 3.05) is 0 Å². The lowest BCUT2D eigenvalue weighted by Crippen LogP contribution is -2.00. The van der Waals surface area contributed by atoms with Crippen LogP contribution < -0.4 is 5.43 Å². The van der Waals surface area contributed by atoms with Crippen LogP contribution in [0.5, 0.6) is 0 Å². The molecular weight excluding hydrogens is 250 g/mol. The quantitative estimate of drug-likeness (QED) is 0.414. The average molecular weight is 258 g/mol. The highest BCUT2D eigenvalue weighted by Crippen LogP contribution is 2.24. The lowest BCUT2D eigenvalue weighted by molar-refractivity contribution is 0.112. The van der Waals surface area contributed by atoms with Gasteiger partial charge in [-0.2, -0.15) is 0 Å². The predicted octanol–water partition coefficient (Wildman–Crippen LogP) is 3.15. The third-order valence-electron chi connectivity index (χ3n) is 2.97. The first-order valence-corrected chi connectivity index (χ1v) is 5.78. The number of aldehydes is 1. The molecule has 0 saturated heterocycles. The molecule has 3 nitrogen and oxygen atoms in total. The molecule has 18 heavy (non-hydrogen) atoms. The molecule has 0 aliphatic carbocycles. The predicted molar refractivity (Wildman–Crippen MR) is 72.5 cm³/mol. The van der Waals surface area contributed by atoms with Gasteiger partial charge in [-0.15, -0.1) is 0 Å². The summed E-state index contributed by atoms with van der Waals surface area (Å²) in [5.74, 6) is 0. The van der Waals surface area contributed by atoms with Crippen molar-refractivity contribution < 1.29 is 4.79 Å². The normalized spacial score (nSPS) is 10.9. The third kappa shape index (κ3) is 1.52. The zero-order chi connectivity index (χ0) is 12.7. The fourth-order valence-corrected chi connectivity index (χ4v) is 2.31. The number of pyridine rings is 1. The summed E-state index contributed by atoms with van der Waals surface area (Å²) in [5, 5.41) is 2.47. The van der Waals surface area contributed by atoms with Crippen molar-refractivity contribution in [2.24, 2.45) is 0 Å². The van der Waals surface area contributed by atoms with Crippen LogP contribution >= 0.6 is 11.6 Å². The van der Waals surface area contributed by atoms with Crippen LogP contribution in [0.1, 0.15) is 10.4 Å². The van der Waals surface area contributed by atoms with Crippen molar-refractivity contribution >= 4 is 39.6 Å². The molecule has 0 atom stereocenters. The number of aromatic amines is 1. The van der Waals surface area contributed by atoms with E-state index in [0.29, 0.717) is 22.8 Å². The number of halogens is 1. The first-order valence-electron chi connectivity index (χ1n) is 5.40. The number of carbonyl (C=O) groups excluding carboxylic acids is 1. The van der Waals surface area contributed by atoms with Crippen molar-refractivity contribution in [1.82, 2.24) is 4.98 Å². The topological polar surface area (TPSA) is 49.9 Å². The van der Waals surface area contributed by atoms with Crippen LogP contribution in [0.3, 0.4) is 0 Å². The average Bonchev–Trinajstić information content (AvgIpc) is 2.38. The highest BCUT2D eigenvalue weighted by atomic mass is 35.5. The Balaban J connectivity index is 2.59. The molecule has 0 fully saturated rings. The molecule has 0 aliphatic rings. The summed E-state index contributed by atoms with van der Waals surface area (Å²) in [6.07, 6.45) is 0.686. The van der Waals surface area contributed by atoms with Gasteiger partial charge in [-0.05, 0) is 22.9 Å². The van der Waals surface area contributed by atoms with Crippen LogP contribution in [0.2, 0.25) is 5.15 Å². The van der Waals surface area contributed by atoms with Gasteiger partial charge >= 0.3 is 0 Å². The second-order valence-corrected chi connectivity index (χ2v) is 4.42. The Hall–Kier alpha value is -2.13. The summed E-state index contributed by atoms with van der Waals surface area (Å²) in [5.41, 5.74) is 0.977. The molecule has 88 valence electrons. The lowest BCUT2D eigenvalue weighted by atomic mass is 10.0. The summed E-state index contributed by atoms with van der Waals surface area (Å²) in [7, 11) is 0. The molecule has 0 saturated carbocycles. The second-order valence-electron chi connectivity index (χ2n) is 4.04. The van der Waals surface area contributed by atoms with E-state index >= 15 is 0 Å². The van der Waals surface area contributed by atoms with Crippen molar-refractivity contribution in [1.29, 1.82) is 0 Å². The highest BCUT2D eigenvalue weighted by molar-refractivity contribution is 6.32. The highest BCUT2D eigenvalue weighted by Gasteiger charge is 2.07. The van der Waals surface area contributed by atoms with E-state index in [1.807, 2.05) is 18.2 Å². The van der Waals surface area contributed by atoms with Gasteiger partial charge in [-0.3, -0.25) is 9.59 Å². The summed E-state index contributed by atoms with van der Waals surface area (Å²) >= 11 is 5.97. The van der Waals surface area contributed by atoms with Crippen LogP contribution in [0.25, 0.3) is 21.7 Å². The van der Waals surface area contributed by atoms with Crippen LogP contribution in [-0.2, 0) is 0 Å². The fraction of sp³-hybridized carbons (Fsp3) is 0. The van der Waals surface area contributed by atoms with Gasteiger partial charge in [0.2, 0.25) is 0 Å². The number of fused-ring (bicyclic) bond motifs is 3. The van der Waals surface area contributed by atoms with E-state index < -0.39 is 0 Å². The van der Waals surface area contributed by atoms with Crippen LogP contribution in [0.15, 0.2) is 41.2 Å². The zero-order valence-corrected chi connectivity index (χ0v) is 9.99. The van der Waals surface area contributed by atoms with Crippen LogP contribution in [0.4, 0.5) is 0 Å². The maximum Gasteiger partial charge on any atom is 0.188 e. The number of carbonyl (C=O) groups is 1. The maximum atomic E-state index is 11.9. The lowest BCUT2D eigenvalue weighted by Gasteiger charge is -2.05. The van der Waals surface area contributed by atoms with Crippen molar-refractivity contribution in [3.63, 3.8) is 0 Å². The smallest absolute Gasteiger partial charge is 0.188 e. The zero-order valence-electron chi connectivity index (χ0n) is 9.24. The van der Waals surface area contributed by atoms with E-state index in [2.05, 4.69) is 4.98 Å². The number of benzene rings is 2. The van der Waals surface area contributed by atoms with E-state index in [-0.39, 0.29) is 10.6 Å². The summed E-state index contributed by atoms with van der Waals surface area (Å²) in [6.45, 7) is 0. The van der Waals surface area contributed by atoms with Gasteiger partial charge in [0.25, 0.3) is 0 Å². The first kappa shape index (κ1) is 11.0. The van der Waals surface area contributed by atoms with Gasteiger partial charge in [0.1, 0.15) is 5.15 Å². The molecule has 1 heterocycles. The largest absolute Gasteiger partial charge is 0.344 e. The Labute approximate surface area is 107 Å². The van der Waals surface area contributed by atoms with Gasteiger partial charge in [0.05, 0.1) is 16.5 Å². The molecule has 3 rings (SSSR count). The Morgan fingerprint density at radius 1 is 1.11 bits per heavy atom. The van der Waals surface area contributed by atoms with E-state index in [4.69, 9.17) is 11.6 Å². The second kappa shape index (κ2) is 3.96. The van der Waals surface area contributed by atoms with Crippen LogP contribution in [0, 0.1) is 0 Å². The Bertz CT molecular complexity index is 836. The molecule has 2 aromatic carbocycles. The molecule has 1 aromatic heterocycles. The number of aromatic nitrogens is 1. The molecule has 0 aliphatic heterocycles. The minimum Gasteiger partial charge on any atom is -0.344 e. The van der Waals surface area contributed by atoms with Gasteiger partial charge in [0, 0.05) is 0 Å². The van der Waals surface area contributed by atoms with Crippen LogP contribution in [-0.4, -0.2) is 11.3 Å². The molecule has 0 spiro atoms. The molecule has 0 bridgehead atoms. The van der Waals surface area contributed by atoms with Gasteiger partial charge in [0.15, 0.2) is 11.7 Å². The fourth-order valence-electron chi connectivity index (χ4n) is 2.12. The number of nitrogens with one attached hydrogen (secondary N) is 1. The first-order chi connectivity index (χ1) is 8.70. The molecule has 1 N–H and O–H groups in total. The SMILES string of the molecule is O=Cc1cc2ccc3cccc(=O)c3c2[nH]c1Cl.